The second-order valence-electron chi connectivity index (χ2n) is 8.89. The van der Waals surface area contributed by atoms with Gasteiger partial charge in [0.25, 0.3) is 0 Å². The first kappa shape index (κ1) is 21.6. The zero-order chi connectivity index (χ0) is 21.8. The first-order valence-electron chi connectivity index (χ1n) is 11.5. The third-order valence-electron chi connectivity index (χ3n) is 6.12. The molecule has 2 aromatic carbocycles. The molecule has 0 fully saturated rings. The molecule has 0 bridgehead atoms. The summed E-state index contributed by atoms with van der Waals surface area (Å²) in [6.45, 7) is 8.33. The Morgan fingerprint density at radius 2 is 1.90 bits per heavy atom. The van der Waals surface area contributed by atoms with Gasteiger partial charge < -0.3 is 9.84 Å². The van der Waals surface area contributed by atoms with Gasteiger partial charge in [-0.3, -0.25) is 0 Å². The smallest absolute Gasteiger partial charge is 0.315 e. The minimum Gasteiger partial charge on any atom is -0.482 e. The Balaban J connectivity index is 1.59. The summed E-state index contributed by atoms with van der Waals surface area (Å²) in [5.41, 5.74) is 3.34. The number of fused-ring (bicyclic) bond motifs is 1. The van der Waals surface area contributed by atoms with E-state index in [-0.39, 0.29) is 0 Å². The Morgan fingerprint density at radius 1 is 1.10 bits per heavy atom. The van der Waals surface area contributed by atoms with E-state index in [1.807, 2.05) is 35.0 Å². The molecule has 0 radical (unpaired) electrons. The number of aliphatic hydroxyl groups excluding tert-OH is 1. The molecule has 1 aliphatic heterocycles. The van der Waals surface area contributed by atoms with Gasteiger partial charge in [-0.15, -0.1) is 4.68 Å². The fourth-order valence-electron chi connectivity index (χ4n) is 4.37. The number of benzene rings is 2. The van der Waals surface area contributed by atoms with Gasteiger partial charge in [0.1, 0.15) is 18.4 Å². The van der Waals surface area contributed by atoms with Crippen molar-refractivity contribution in [1.82, 2.24) is 9.78 Å². The second kappa shape index (κ2) is 9.65. The van der Waals surface area contributed by atoms with Gasteiger partial charge in [-0.2, -0.15) is 0 Å². The molecule has 1 N–H and O–H groups in total. The van der Waals surface area contributed by atoms with Crippen molar-refractivity contribution in [2.45, 2.75) is 78.2 Å². The van der Waals surface area contributed by atoms with Crippen molar-refractivity contribution in [3.8, 4) is 5.75 Å². The number of rotatable bonds is 7. The number of aromatic nitrogens is 3. The molecular weight excluding hydrogens is 386 g/mol. The SMILES string of the molecule is Cc1ccc(C(C)C)c(OCc2nn(C[C@@H](O)c3ccccc3)c3[n+]2CCCCC3)c1. The van der Waals surface area contributed by atoms with Crippen LogP contribution in [0.1, 0.15) is 73.5 Å². The maximum Gasteiger partial charge on any atom is 0.315 e. The zero-order valence-electron chi connectivity index (χ0n) is 18.9. The van der Waals surface area contributed by atoms with Gasteiger partial charge in [0.2, 0.25) is 5.82 Å². The van der Waals surface area contributed by atoms with Gasteiger partial charge in [-0.1, -0.05) is 56.3 Å². The first-order valence-corrected chi connectivity index (χ1v) is 11.5. The fourth-order valence-corrected chi connectivity index (χ4v) is 4.37. The minimum absolute atomic E-state index is 0.402. The number of nitrogens with zero attached hydrogens (tertiary/aromatic N) is 3. The summed E-state index contributed by atoms with van der Waals surface area (Å²) < 4.78 is 10.6. The van der Waals surface area contributed by atoms with Crippen molar-refractivity contribution in [2.75, 3.05) is 0 Å². The number of ether oxygens (including phenoxy) is 1. The van der Waals surface area contributed by atoms with Crippen LogP contribution in [0.15, 0.2) is 48.5 Å². The van der Waals surface area contributed by atoms with Crippen molar-refractivity contribution < 1.29 is 14.4 Å². The van der Waals surface area contributed by atoms with Gasteiger partial charge >= 0.3 is 5.82 Å². The highest BCUT2D eigenvalue weighted by Crippen LogP contribution is 2.28. The predicted molar refractivity (Wildman–Crippen MR) is 121 cm³/mol. The average Bonchev–Trinajstić information content (AvgIpc) is 2.92. The van der Waals surface area contributed by atoms with Crippen LogP contribution < -0.4 is 9.30 Å². The molecule has 0 unspecified atom stereocenters. The largest absolute Gasteiger partial charge is 0.482 e. The lowest BCUT2D eigenvalue weighted by molar-refractivity contribution is -0.712. The van der Waals surface area contributed by atoms with Crippen LogP contribution in [0.5, 0.6) is 5.75 Å². The lowest BCUT2D eigenvalue weighted by Crippen LogP contribution is -2.41. The third-order valence-corrected chi connectivity index (χ3v) is 6.12. The molecule has 3 aromatic rings. The van der Waals surface area contributed by atoms with Crippen molar-refractivity contribution >= 4 is 0 Å². The van der Waals surface area contributed by atoms with Crippen LogP contribution in [0.25, 0.3) is 0 Å². The normalized spacial score (nSPS) is 14.9. The summed E-state index contributed by atoms with van der Waals surface area (Å²) in [5, 5.41) is 15.7. The third kappa shape index (κ3) is 4.99. The lowest BCUT2D eigenvalue weighted by atomic mass is 10.0. The van der Waals surface area contributed by atoms with Crippen LogP contribution in [0.3, 0.4) is 0 Å². The summed E-state index contributed by atoms with van der Waals surface area (Å²) in [6, 6.07) is 16.3. The Kier molecular flexibility index (Phi) is 6.71. The molecular formula is C26H34N3O2+. The Bertz CT molecular complexity index is 1010. The molecule has 0 saturated carbocycles. The van der Waals surface area contributed by atoms with E-state index in [0.29, 0.717) is 19.1 Å². The fraction of sp³-hybridized carbons (Fsp3) is 0.462. The highest BCUT2D eigenvalue weighted by atomic mass is 16.5. The van der Waals surface area contributed by atoms with E-state index >= 15 is 0 Å². The van der Waals surface area contributed by atoms with Crippen LogP contribution >= 0.6 is 0 Å². The van der Waals surface area contributed by atoms with Crippen LogP contribution in [0.2, 0.25) is 0 Å². The van der Waals surface area contributed by atoms with E-state index < -0.39 is 6.10 Å². The Hall–Kier alpha value is -2.66. The van der Waals surface area contributed by atoms with Crippen LogP contribution in [-0.2, 0) is 26.1 Å². The highest BCUT2D eigenvalue weighted by Gasteiger charge is 2.29. The van der Waals surface area contributed by atoms with E-state index in [1.54, 1.807) is 0 Å². The molecule has 1 aliphatic rings. The van der Waals surface area contributed by atoms with Gasteiger partial charge in [0.15, 0.2) is 6.61 Å². The summed E-state index contributed by atoms with van der Waals surface area (Å²) in [4.78, 5) is 0. The van der Waals surface area contributed by atoms with E-state index in [1.165, 1.54) is 23.4 Å². The first-order chi connectivity index (χ1) is 15.0. The van der Waals surface area contributed by atoms with E-state index in [4.69, 9.17) is 9.84 Å². The van der Waals surface area contributed by atoms with Gasteiger partial charge in [0, 0.05) is 11.5 Å². The van der Waals surface area contributed by atoms with Gasteiger partial charge in [-0.05, 0) is 54.9 Å². The van der Waals surface area contributed by atoms with Crippen molar-refractivity contribution in [3.63, 3.8) is 0 Å². The monoisotopic (exact) mass is 420 g/mol. The van der Waals surface area contributed by atoms with Crippen LogP contribution in [0, 0.1) is 6.92 Å². The van der Waals surface area contributed by atoms with E-state index in [0.717, 1.165) is 42.9 Å². The van der Waals surface area contributed by atoms with E-state index in [9.17, 15) is 5.11 Å². The maximum absolute atomic E-state index is 10.8. The zero-order valence-corrected chi connectivity index (χ0v) is 18.9. The number of aryl methyl sites for hydroxylation is 1. The molecule has 4 rings (SSSR count). The van der Waals surface area contributed by atoms with Crippen LogP contribution in [-0.4, -0.2) is 14.9 Å². The topological polar surface area (TPSA) is 51.2 Å². The van der Waals surface area contributed by atoms with Crippen molar-refractivity contribution in [3.05, 3.63) is 76.9 Å². The average molecular weight is 421 g/mol. The number of hydrogen-bond acceptors (Lipinski definition) is 3. The van der Waals surface area contributed by atoms with Gasteiger partial charge in [-0.25, -0.2) is 4.57 Å². The molecule has 5 heteroatoms. The van der Waals surface area contributed by atoms with E-state index in [2.05, 4.69) is 43.5 Å². The number of hydrogen-bond donors (Lipinski definition) is 1. The van der Waals surface area contributed by atoms with Gasteiger partial charge in [0.05, 0.1) is 6.54 Å². The Labute approximate surface area is 185 Å². The Morgan fingerprint density at radius 3 is 2.68 bits per heavy atom. The summed E-state index contributed by atoms with van der Waals surface area (Å²) in [7, 11) is 0. The molecule has 0 aliphatic carbocycles. The predicted octanol–water partition coefficient (Wildman–Crippen LogP) is 4.64. The quantitative estimate of drug-likeness (QED) is 0.567. The van der Waals surface area contributed by atoms with Crippen molar-refractivity contribution in [2.24, 2.45) is 0 Å². The molecule has 0 amide bonds. The standard InChI is InChI=1S/C26H34N3O2/c1-19(2)22-14-13-20(3)16-24(22)31-18-25-27-29(26-12-8-5-9-15-28(25)26)17-23(30)21-10-6-4-7-11-21/h4,6-7,10-11,13-14,16,19,23,30H,5,8-9,12,15,17-18H2,1-3H3/q+1/t23-/m1/s1. The minimum atomic E-state index is -0.577. The molecule has 1 aromatic heterocycles. The molecule has 2 heterocycles. The molecule has 31 heavy (non-hydrogen) atoms. The molecule has 0 spiro atoms. The highest BCUT2D eigenvalue weighted by molar-refractivity contribution is 5.39. The summed E-state index contributed by atoms with van der Waals surface area (Å²) in [5.74, 6) is 3.48. The molecule has 164 valence electrons. The second-order valence-corrected chi connectivity index (χ2v) is 8.89. The molecule has 0 saturated heterocycles. The van der Waals surface area contributed by atoms with Crippen LogP contribution in [0.4, 0.5) is 0 Å². The summed E-state index contributed by atoms with van der Waals surface area (Å²) in [6.07, 6.45) is 3.93. The molecule has 1 atom stereocenters. The molecule has 5 nitrogen and oxygen atoms in total. The lowest BCUT2D eigenvalue weighted by Gasteiger charge is -2.13. The van der Waals surface area contributed by atoms with Crippen molar-refractivity contribution in [1.29, 1.82) is 0 Å². The maximum atomic E-state index is 10.8. The summed E-state index contributed by atoms with van der Waals surface area (Å²) >= 11 is 0. The number of aliphatic hydroxyl groups is 1.